The first-order valence-corrected chi connectivity index (χ1v) is 19.9. The number of benzene rings is 10. The molecule has 3 aliphatic rings. The summed E-state index contributed by atoms with van der Waals surface area (Å²) < 4.78 is 6.46. The summed E-state index contributed by atoms with van der Waals surface area (Å²) in [6.45, 7) is 0. The molecule has 0 N–H and O–H groups in total. The van der Waals surface area contributed by atoms with Crippen LogP contribution < -0.4 is 9.64 Å². The van der Waals surface area contributed by atoms with Gasteiger partial charge in [0.2, 0.25) is 0 Å². The van der Waals surface area contributed by atoms with E-state index in [2.05, 4.69) is 217 Å². The van der Waals surface area contributed by atoms with Gasteiger partial charge in [0, 0.05) is 28.0 Å². The Morgan fingerprint density at radius 1 is 0.293 bits per heavy atom. The van der Waals surface area contributed by atoms with Crippen molar-refractivity contribution in [1.29, 1.82) is 0 Å². The maximum Gasteiger partial charge on any atom is 0.135 e. The van der Waals surface area contributed by atoms with Crippen molar-refractivity contribution in [2.24, 2.45) is 0 Å². The molecule has 9 aromatic rings. The zero-order valence-corrected chi connectivity index (χ0v) is 31.6. The topological polar surface area (TPSA) is 12.5 Å². The Hall–Kier alpha value is -7.68. The molecule has 2 heteroatoms. The molecule has 0 saturated heterocycles. The zero-order chi connectivity index (χ0) is 38.2. The molecule has 0 amide bonds. The van der Waals surface area contributed by atoms with Crippen molar-refractivity contribution in [3.63, 3.8) is 0 Å². The van der Waals surface area contributed by atoms with Gasteiger partial charge in [0.1, 0.15) is 11.5 Å². The van der Waals surface area contributed by atoms with Gasteiger partial charge in [-0.05, 0) is 138 Å². The molecule has 0 atom stereocenters. The normalized spacial score (nSPS) is 11.9. The number of hydrogen-bond donors (Lipinski definition) is 0. The second-order valence-corrected chi connectivity index (χ2v) is 15.3. The summed E-state index contributed by atoms with van der Waals surface area (Å²) in [4.78, 5) is 2.39. The summed E-state index contributed by atoms with van der Waals surface area (Å²) in [5.41, 5.74) is 18.0. The maximum absolute atomic E-state index is 6.46. The SMILES string of the molecule is c1ccc(-c2ccc(-c3ccc(N(c4cccc(-c5ccc6c(c5)-c5cccc7cccc(c57)O6)c4)c4cccc(-c5c6cc-6c6ccccc56)c4)cc3)cc2)cc1. The van der Waals surface area contributed by atoms with Gasteiger partial charge in [-0.1, -0.05) is 152 Å². The Kier molecular flexibility index (Phi) is 7.26. The first kappa shape index (κ1) is 32.6. The Balaban J connectivity index is 0.956. The van der Waals surface area contributed by atoms with E-state index in [0.29, 0.717) is 0 Å². The number of rotatable bonds is 7. The Labute approximate surface area is 337 Å². The molecule has 58 heavy (non-hydrogen) atoms. The lowest BCUT2D eigenvalue weighted by molar-refractivity contribution is 0.487. The number of ether oxygens (including phenoxy) is 1. The monoisotopic (exact) mass is 737 g/mol. The van der Waals surface area contributed by atoms with Crippen molar-refractivity contribution in [3.05, 3.63) is 212 Å². The van der Waals surface area contributed by atoms with Crippen LogP contribution in [-0.2, 0) is 0 Å². The highest BCUT2D eigenvalue weighted by atomic mass is 16.5. The smallest absolute Gasteiger partial charge is 0.135 e. The van der Waals surface area contributed by atoms with Crippen LogP contribution in [0.5, 0.6) is 11.5 Å². The van der Waals surface area contributed by atoms with Gasteiger partial charge in [-0.2, -0.15) is 0 Å². The third kappa shape index (κ3) is 5.34. The van der Waals surface area contributed by atoms with Crippen molar-refractivity contribution >= 4 is 38.6 Å². The van der Waals surface area contributed by atoms with E-state index in [-0.39, 0.29) is 0 Å². The maximum atomic E-state index is 6.46. The van der Waals surface area contributed by atoms with E-state index in [1.807, 2.05) is 0 Å². The van der Waals surface area contributed by atoms with Crippen LogP contribution in [0.1, 0.15) is 0 Å². The van der Waals surface area contributed by atoms with Crippen molar-refractivity contribution < 1.29 is 4.74 Å². The third-order valence-electron chi connectivity index (χ3n) is 11.9. The molecule has 0 saturated carbocycles. The summed E-state index contributed by atoms with van der Waals surface area (Å²) >= 11 is 0. The molecule has 0 aromatic heterocycles. The van der Waals surface area contributed by atoms with Gasteiger partial charge in [-0.15, -0.1) is 0 Å². The van der Waals surface area contributed by atoms with Crippen LogP contribution in [0, 0.1) is 0 Å². The molecular formula is C56H35NO. The van der Waals surface area contributed by atoms with Gasteiger partial charge in [-0.25, -0.2) is 0 Å². The second-order valence-electron chi connectivity index (χ2n) is 15.3. The summed E-state index contributed by atoms with van der Waals surface area (Å²) in [6.07, 6.45) is 0. The number of fused-ring (bicyclic) bond motifs is 5. The highest BCUT2D eigenvalue weighted by Gasteiger charge is 2.26. The summed E-state index contributed by atoms with van der Waals surface area (Å²) in [6, 6.07) is 76.8. The Morgan fingerprint density at radius 2 is 0.862 bits per heavy atom. The van der Waals surface area contributed by atoms with Gasteiger partial charge in [0.05, 0.1) is 0 Å². The largest absolute Gasteiger partial charge is 0.456 e. The van der Waals surface area contributed by atoms with Gasteiger partial charge < -0.3 is 9.64 Å². The molecule has 2 nitrogen and oxygen atoms in total. The number of anilines is 3. The van der Waals surface area contributed by atoms with Crippen molar-refractivity contribution in [2.75, 3.05) is 4.90 Å². The molecule has 0 unspecified atom stereocenters. The van der Waals surface area contributed by atoms with Crippen LogP contribution in [0.2, 0.25) is 0 Å². The first-order chi connectivity index (χ1) is 28.7. The number of nitrogens with zero attached hydrogens (tertiary/aromatic N) is 1. The molecule has 9 aromatic carbocycles. The first-order valence-electron chi connectivity index (χ1n) is 19.9. The van der Waals surface area contributed by atoms with E-state index in [0.717, 1.165) is 45.3 Å². The summed E-state index contributed by atoms with van der Waals surface area (Å²) in [7, 11) is 0. The van der Waals surface area contributed by atoms with Gasteiger partial charge >= 0.3 is 0 Å². The third-order valence-corrected chi connectivity index (χ3v) is 11.9. The predicted octanol–water partition coefficient (Wildman–Crippen LogP) is 15.9. The zero-order valence-electron chi connectivity index (χ0n) is 31.6. The second kappa shape index (κ2) is 12.9. The minimum absolute atomic E-state index is 0.886. The highest BCUT2D eigenvalue weighted by Crippen LogP contribution is 2.53. The van der Waals surface area contributed by atoms with Crippen molar-refractivity contribution in [3.8, 4) is 78.3 Å². The van der Waals surface area contributed by atoms with Crippen LogP contribution in [0.3, 0.4) is 0 Å². The van der Waals surface area contributed by atoms with Crippen LogP contribution in [0.15, 0.2) is 212 Å². The van der Waals surface area contributed by atoms with Gasteiger partial charge in [-0.3, -0.25) is 0 Å². The molecule has 0 bridgehead atoms. The van der Waals surface area contributed by atoms with Crippen LogP contribution >= 0.6 is 0 Å². The molecule has 1 aliphatic heterocycles. The fourth-order valence-electron chi connectivity index (χ4n) is 9.03. The molecule has 0 fully saturated rings. The fraction of sp³-hybridized carbons (Fsp3) is 0. The minimum atomic E-state index is 0.886. The number of hydrogen-bond acceptors (Lipinski definition) is 2. The van der Waals surface area contributed by atoms with Gasteiger partial charge in [0.25, 0.3) is 0 Å². The van der Waals surface area contributed by atoms with Crippen LogP contribution in [-0.4, -0.2) is 0 Å². The predicted molar refractivity (Wildman–Crippen MR) is 242 cm³/mol. The Bertz CT molecular complexity index is 3230. The highest BCUT2D eigenvalue weighted by molar-refractivity contribution is 6.20. The van der Waals surface area contributed by atoms with E-state index in [1.54, 1.807) is 0 Å². The lowest BCUT2D eigenvalue weighted by Crippen LogP contribution is -2.10. The van der Waals surface area contributed by atoms with Crippen molar-refractivity contribution in [1.82, 2.24) is 0 Å². The standard InChI is InChI=1S/C56H35NO/c1-2-10-36(11-3-1)37-22-24-38(25-23-37)39-26-29-44(30-27-39)57(46-17-7-15-43(33-46)55-48-19-5-4-18-47(48)50-35-52(50)55)45-16-6-14-41(32-45)42-28-31-53-51(34-42)49-20-8-12-40-13-9-21-54(58-53)56(40)49/h1-35H. The lowest BCUT2D eigenvalue weighted by atomic mass is 9.92. The molecule has 12 rings (SSSR count). The molecule has 0 radical (unpaired) electrons. The van der Waals surface area contributed by atoms with E-state index >= 15 is 0 Å². The van der Waals surface area contributed by atoms with Crippen LogP contribution in [0.25, 0.3) is 88.3 Å². The Morgan fingerprint density at radius 3 is 1.62 bits per heavy atom. The van der Waals surface area contributed by atoms with Crippen molar-refractivity contribution in [2.45, 2.75) is 0 Å². The van der Waals surface area contributed by atoms with E-state index in [9.17, 15) is 0 Å². The van der Waals surface area contributed by atoms with E-state index < -0.39 is 0 Å². The van der Waals surface area contributed by atoms with Crippen LogP contribution in [0.4, 0.5) is 17.1 Å². The van der Waals surface area contributed by atoms with E-state index in [4.69, 9.17) is 4.74 Å². The molecule has 0 spiro atoms. The molecule has 1 heterocycles. The average molecular weight is 738 g/mol. The molecule has 270 valence electrons. The quantitative estimate of drug-likeness (QED) is 0.161. The average Bonchev–Trinajstić information content (AvgIpc) is 4.01. The van der Waals surface area contributed by atoms with Gasteiger partial charge in [0.15, 0.2) is 0 Å². The molecule has 2 aliphatic carbocycles. The van der Waals surface area contributed by atoms with E-state index in [1.165, 1.54) is 71.6 Å². The summed E-state index contributed by atoms with van der Waals surface area (Å²) in [5, 5.41) is 5.01. The summed E-state index contributed by atoms with van der Waals surface area (Å²) in [5.74, 6) is 1.80. The molecular weight excluding hydrogens is 703 g/mol. The lowest BCUT2D eigenvalue weighted by Gasteiger charge is -2.27. The minimum Gasteiger partial charge on any atom is -0.456 e. The fourth-order valence-corrected chi connectivity index (χ4v) is 9.03.